The van der Waals surface area contributed by atoms with Gasteiger partial charge in [-0.05, 0) is 50.5 Å². The van der Waals surface area contributed by atoms with E-state index in [1.807, 2.05) is 0 Å². The van der Waals surface area contributed by atoms with Gasteiger partial charge in [0.25, 0.3) is 0 Å². The molecule has 0 saturated carbocycles. The van der Waals surface area contributed by atoms with Crippen molar-refractivity contribution in [3.63, 3.8) is 0 Å². The summed E-state index contributed by atoms with van der Waals surface area (Å²) < 4.78 is 2.37. The third kappa shape index (κ3) is 1.13. The SMILES string of the molecule is CC12CCCCN1c1ccccc1-n1cccc12. The highest BCUT2D eigenvalue weighted by molar-refractivity contribution is 5.68. The molecule has 2 nitrogen and oxygen atoms in total. The van der Waals surface area contributed by atoms with Crippen LogP contribution in [-0.4, -0.2) is 11.1 Å². The highest BCUT2D eigenvalue weighted by Gasteiger charge is 2.42. The highest BCUT2D eigenvalue weighted by atomic mass is 15.3. The zero-order chi connectivity index (χ0) is 12.2. The van der Waals surface area contributed by atoms with E-state index in [1.54, 1.807) is 0 Å². The van der Waals surface area contributed by atoms with E-state index in [9.17, 15) is 0 Å². The van der Waals surface area contributed by atoms with Crippen LogP contribution in [0.1, 0.15) is 31.9 Å². The number of para-hydroxylation sites is 2. The van der Waals surface area contributed by atoms with Crippen LogP contribution < -0.4 is 4.90 Å². The lowest BCUT2D eigenvalue weighted by Crippen LogP contribution is -2.51. The Morgan fingerprint density at radius 3 is 2.72 bits per heavy atom. The average Bonchev–Trinajstić information content (AvgIpc) is 2.89. The van der Waals surface area contributed by atoms with E-state index >= 15 is 0 Å². The molecule has 4 rings (SSSR count). The van der Waals surface area contributed by atoms with Crippen LogP contribution in [0.2, 0.25) is 0 Å². The van der Waals surface area contributed by atoms with Crippen molar-refractivity contribution in [3.05, 3.63) is 48.3 Å². The number of hydrogen-bond acceptors (Lipinski definition) is 1. The molecule has 3 heterocycles. The topological polar surface area (TPSA) is 8.17 Å². The number of benzene rings is 1. The zero-order valence-electron chi connectivity index (χ0n) is 10.8. The summed E-state index contributed by atoms with van der Waals surface area (Å²) in [4.78, 5) is 2.61. The summed E-state index contributed by atoms with van der Waals surface area (Å²) in [6.07, 6.45) is 6.10. The lowest BCUT2D eigenvalue weighted by Gasteiger charge is -2.50. The number of hydrogen-bond donors (Lipinski definition) is 0. The summed E-state index contributed by atoms with van der Waals surface area (Å²) in [7, 11) is 0. The minimum Gasteiger partial charge on any atom is -0.359 e. The quantitative estimate of drug-likeness (QED) is 0.679. The molecular weight excluding hydrogens is 220 g/mol. The van der Waals surface area contributed by atoms with Crippen LogP contribution in [0.25, 0.3) is 5.69 Å². The fraction of sp³-hybridized carbons (Fsp3) is 0.375. The van der Waals surface area contributed by atoms with Gasteiger partial charge in [-0.25, -0.2) is 0 Å². The largest absolute Gasteiger partial charge is 0.359 e. The lowest BCUT2D eigenvalue weighted by atomic mass is 9.83. The Labute approximate surface area is 108 Å². The minimum atomic E-state index is 0.177. The van der Waals surface area contributed by atoms with Crippen molar-refractivity contribution < 1.29 is 0 Å². The predicted octanol–water partition coefficient (Wildman–Crippen LogP) is 3.70. The van der Waals surface area contributed by atoms with Crippen molar-refractivity contribution >= 4 is 5.69 Å². The standard InChI is InChI=1S/C16H18N2/c1-16-10-4-5-12-18(16)14-8-3-2-7-13(14)17-11-6-9-15(16)17/h2-3,6-9,11H,4-5,10,12H2,1H3. The van der Waals surface area contributed by atoms with Crippen molar-refractivity contribution in [1.82, 2.24) is 4.57 Å². The minimum absolute atomic E-state index is 0.177. The third-order valence-electron chi connectivity index (χ3n) is 4.62. The van der Waals surface area contributed by atoms with Crippen molar-refractivity contribution in [2.75, 3.05) is 11.4 Å². The number of rotatable bonds is 0. The first-order valence-electron chi connectivity index (χ1n) is 6.86. The molecule has 1 aromatic heterocycles. The number of anilines is 1. The molecule has 0 spiro atoms. The van der Waals surface area contributed by atoms with Gasteiger partial charge in [0.15, 0.2) is 0 Å². The fourth-order valence-corrected chi connectivity index (χ4v) is 3.70. The van der Waals surface area contributed by atoms with Crippen LogP contribution in [0.3, 0.4) is 0 Å². The smallest absolute Gasteiger partial charge is 0.0780 e. The van der Waals surface area contributed by atoms with E-state index in [4.69, 9.17) is 0 Å². The molecule has 0 N–H and O–H groups in total. The van der Waals surface area contributed by atoms with Crippen molar-refractivity contribution in [2.45, 2.75) is 31.7 Å². The molecule has 1 atom stereocenters. The first kappa shape index (κ1) is 10.2. The molecule has 1 unspecified atom stereocenters. The highest BCUT2D eigenvalue weighted by Crippen LogP contribution is 2.46. The van der Waals surface area contributed by atoms with Gasteiger partial charge < -0.3 is 9.47 Å². The van der Waals surface area contributed by atoms with E-state index < -0.39 is 0 Å². The Kier molecular flexibility index (Phi) is 1.94. The first-order chi connectivity index (χ1) is 8.81. The first-order valence-corrected chi connectivity index (χ1v) is 6.86. The Bertz CT molecular complexity index is 599. The fourth-order valence-electron chi connectivity index (χ4n) is 3.70. The van der Waals surface area contributed by atoms with Gasteiger partial charge >= 0.3 is 0 Å². The average molecular weight is 238 g/mol. The molecule has 1 saturated heterocycles. The maximum absolute atomic E-state index is 2.61. The second-order valence-corrected chi connectivity index (χ2v) is 5.63. The monoisotopic (exact) mass is 238 g/mol. The third-order valence-corrected chi connectivity index (χ3v) is 4.62. The molecule has 1 fully saturated rings. The van der Waals surface area contributed by atoms with E-state index in [0.29, 0.717) is 0 Å². The van der Waals surface area contributed by atoms with Crippen LogP contribution in [-0.2, 0) is 5.54 Å². The van der Waals surface area contributed by atoms with E-state index in [0.717, 1.165) is 0 Å². The van der Waals surface area contributed by atoms with Crippen molar-refractivity contribution in [2.24, 2.45) is 0 Å². The summed E-state index contributed by atoms with van der Waals surface area (Å²) in [6.45, 7) is 3.58. The Morgan fingerprint density at radius 2 is 1.83 bits per heavy atom. The van der Waals surface area contributed by atoms with Crippen LogP contribution in [0.15, 0.2) is 42.6 Å². The summed E-state index contributed by atoms with van der Waals surface area (Å²) in [5.41, 5.74) is 4.34. The van der Waals surface area contributed by atoms with Gasteiger partial charge in [0.2, 0.25) is 0 Å². The molecule has 2 aliphatic rings. The molecule has 2 aliphatic heterocycles. The maximum Gasteiger partial charge on any atom is 0.0780 e. The normalized spacial score (nSPS) is 25.3. The van der Waals surface area contributed by atoms with Crippen LogP contribution in [0.5, 0.6) is 0 Å². The van der Waals surface area contributed by atoms with Gasteiger partial charge in [-0.15, -0.1) is 0 Å². The summed E-state index contributed by atoms with van der Waals surface area (Å²) >= 11 is 0. The molecule has 1 aromatic carbocycles. The van der Waals surface area contributed by atoms with Crippen molar-refractivity contribution in [3.8, 4) is 5.69 Å². The molecule has 0 bridgehead atoms. The van der Waals surface area contributed by atoms with Gasteiger partial charge in [0, 0.05) is 18.4 Å². The number of piperidine rings is 1. The molecule has 0 aliphatic carbocycles. The van der Waals surface area contributed by atoms with Gasteiger partial charge in [-0.1, -0.05) is 12.1 Å². The molecule has 0 radical (unpaired) electrons. The molecule has 0 amide bonds. The predicted molar refractivity (Wildman–Crippen MR) is 74.3 cm³/mol. The summed E-state index contributed by atoms with van der Waals surface area (Å²) in [5, 5.41) is 0. The van der Waals surface area contributed by atoms with Gasteiger partial charge in [0.05, 0.1) is 16.9 Å². The Morgan fingerprint density at radius 1 is 1.00 bits per heavy atom. The second kappa shape index (κ2) is 3.41. The molecule has 2 aromatic rings. The second-order valence-electron chi connectivity index (χ2n) is 5.63. The Balaban J connectivity index is 2.03. The summed E-state index contributed by atoms with van der Waals surface area (Å²) in [5.74, 6) is 0. The van der Waals surface area contributed by atoms with Gasteiger partial charge in [-0.3, -0.25) is 0 Å². The molecule has 2 heteroatoms. The number of nitrogens with zero attached hydrogens (tertiary/aromatic N) is 2. The van der Waals surface area contributed by atoms with E-state index in [2.05, 4.69) is 59.0 Å². The Hall–Kier alpha value is -1.70. The molecule has 18 heavy (non-hydrogen) atoms. The van der Waals surface area contributed by atoms with Crippen LogP contribution in [0, 0.1) is 0 Å². The molecular formula is C16H18N2. The van der Waals surface area contributed by atoms with E-state index in [1.165, 1.54) is 42.9 Å². The van der Waals surface area contributed by atoms with Crippen LogP contribution in [0.4, 0.5) is 5.69 Å². The number of aromatic nitrogens is 1. The van der Waals surface area contributed by atoms with Crippen LogP contribution >= 0.6 is 0 Å². The van der Waals surface area contributed by atoms with Gasteiger partial charge in [-0.2, -0.15) is 0 Å². The maximum atomic E-state index is 2.61. The number of fused-ring (bicyclic) bond motifs is 6. The van der Waals surface area contributed by atoms with Crippen molar-refractivity contribution in [1.29, 1.82) is 0 Å². The molecule has 92 valence electrons. The lowest BCUT2D eigenvalue weighted by molar-refractivity contribution is 0.322. The van der Waals surface area contributed by atoms with Gasteiger partial charge in [0.1, 0.15) is 0 Å². The summed E-state index contributed by atoms with van der Waals surface area (Å²) in [6, 6.07) is 13.2. The van der Waals surface area contributed by atoms with E-state index in [-0.39, 0.29) is 5.54 Å². The zero-order valence-corrected chi connectivity index (χ0v) is 10.8.